The first kappa shape index (κ1) is 12.8. The number of pyridine rings is 1. The third-order valence-electron chi connectivity index (χ3n) is 3.14. The maximum atomic E-state index is 10.1. The molecule has 0 saturated carbocycles. The normalized spacial score (nSPS) is 14.4. The second kappa shape index (κ2) is 5.78. The molecule has 0 aliphatic rings. The van der Waals surface area contributed by atoms with Gasteiger partial charge in [-0.25, -0.2) is 0 Å². The summed E-state index contributed by atoms with van der Waals surface area (Å²) in [5.74, 6) is 0. The second-order valence-corrected chi connectivity index (χ2v) is 4.52. The molecule has 18 heavy (non-hydrogen) atoms. The maximum Gasteiger partial charge on any atom is 0.102 e. The van der Waals surface area contributed by atoms with Crippen LogP contribution in [0.5, 0.6) is 0 Å². The Kier molecular flexibility index (Phi) is 4.10. The van der Waals surface area contributed by atoms with Gasteiger partial charge in [0.1, 0.15) is 6.10 Å². The van der Waals surface area contributed by atoms with Gasteiger partial charge in [0.15, 0.2) is 0 Å². The van der Waals surface area contributed by atoms with Crippen LogP contribution in [-0.4, -0.2) is 19.9 Å². The highest BCUT2D eigenvalue weighted by molar-refractivity contribution is 5.10. The van der Waals surface area contributed by atoms with Crippen LogP contribution in [0.1, 0.15) is 43.8 Å². The number of hydrogen-bond donors (Lipinski definition) is 1. The van der Waals surface area contributed by atoms with Gasteiger partial charge in [0.25, 0.3) is 0 Å². The van der Waals surface area contributed by atoms with E-state index in [-0.39, 0.29) is 0 Å². The Balaban J connectivity index is 2.03. The zero-order valence-electron chi connectivity index (χ0n) is 10.8. The van der Waals surface area contributed by atoms with Crippen molar-refractivity contribution in [1.82, 2.24) is 14.8 Å². The standard InChI is InChI=1S/C14H19N3O/c1-3-11(2)17-9-7-12(16-17)10-14(18)13-6-4-5-8-15-13/h4-9,11,14,18H,3,10H2,1-2H3. The fourth-order valence-corrected chi connectivity index (χ4v) is 1.79. The van der Waals surface area contributed by atoms with E-state index in [0.29, 0.717) is 18.2 Å². The van der Waals surface area contributed by atoms with E-state index in [2.05, 4.69) is 23.9 Å². The zero-order valence-corrected chi connectivity index (χ0v) is 10.8. The lowest BCUT2D eigenvalue weighted by Gasteiger charge is -2.09. The van der Waals surface area contributed by atoms with Crippen molar-refractivity contribution in [1.29, 1.82) is 0 Å². The van der Waals surface area contributed by atoms with Gasteiger partial charge >= 0.3 is 0 Å². The van der Waals surface area contributed by atoms with Crippen LogP contribution < -0.4 is 0 Å². The molecule has 2 heterocycles. The molecule has 2 unspecified atom stereocenters. The minimum atomic E-state index is -0.591. The summed E-state index contributed by atoms with van der Waals surface area (Å²) < 4.78 is 1.94. The lowest BCUT2D eigenvalue weighted by Crippen LogP contribution is -2.07. The number of nitrogens with zero attached hydrogens (tertiary/aromatic N) is 3. The van der Waals surface area contributed by atoms with Gasteiger partial charge in [-0.3, -0.25) is 9.67 Å². The van der Waals surface area contributed by atoms with Gasteiger partial charge in [-0.1, -0.05) is 13.0 Å². The Morgan fingerprint density at radius 1 is 1.33 bits per heavy atom. The number of rotatable bonds is 5. The molecule has 2 rings (SSSR count). The van der Waals surface area contributed by atoms with E-state index in [0.717, 1.165) is 12.1 Å². The van der Waals surface area contributed by atoms with Crippen molar-refractivity contribution < 1.29 is 5.11 Å². The molecule has 0 radical (unpaired) electrons. The molecule has 2 atom stereocenters. The van der Waals surface area contributed by atoms with E-state index in [9.17, 15) is 5.11 Å². The molecule has 4 nitrogen and oxygen atoms in total. The highest BCUT2D eigenvalue weighted by atomic mass is 16.3. The fourth-order valence-electron chi connectivity index (χ4n) is 1.79. The topological polar surface area (TPSA) is 50.9 Å². The number of aliphatic hydroxyl groups is 1. The lowest BCUT2D eigenvalue weighted by molar-refractivity contribution is 0.172. The summed E-state index contributed by atoms with van der Waals surface area (Å²) >= 11 is 0. The number of aromatic nitrogens is 3. The van der Waals surface area contributed by atoms with Gasteiger partial charge in [0.05, 0.1) is 11.4 Å². The molecular formula is C14H19N3O. The highest BCUT2D eigenvalue weighted by Gasteiger charge is 2.12. The molecule has 0 spiro atoms. The van der Waals surface area contributed by atoms with Crippen molar-refractivity contribution in [3.8, 4) is 0 Å². The molecule has 2 aromatic heterocycles. The van der Waals surface area contributed by atoms with Crippen LogP contribution in [0.2, 0.25) is 0 Å². The molecule has 0 aliphatic carbocycles. The predicted octanol–water partition coefficient (Wildman–Crippen LogP) is 2.53. The Labute approximate surface area is 107 Å². The summed E-state index contributed by atoms with van der Waals surface area (Å²) in [7, 11) is 0. The largest absolute Gasteiger partial charge is 0.386 e. The first-order valence-corrected chi connectivity index (χ1v) is 6.33. The average Bonchev–Trinajstić information content (AvgIpc) is 2.87. The van der Waals surface area contributed by atoms with E-state index in [1.165, 1.54) is 0 Å². The van der Waals surface area contributed by atoms with Crippen molar-refractivity contribution in [2.45, 2.75) is 38.8 Å². The second-order valence-electron chi connectivity index (χ2n) is 4.52. The first-order valence-electron chi connectivity index (χ1n) is 6.33. The van der Waals surface area contributed by atoms with Crippen LogP contribution in [-0.2, 0) is 6.42 Å². The Bertz CT molecular complexity index is 481. The number of aliphatic hydroxyl groups excluding tert-OH is 1. The minimum Gasteiger partial charge on any atom is -0.386 e. The third kappa shape index (κ3) is 2.96. The van der Waals surface area contributed by atoms with E-state index in [1.807, 2.05) is 35.1 Å². The van der Waals surface area contributed by atoms with Crippen molar-refractivity contribution in [2.75, 3.05) is 0 Å². The van der Waals surface area contributed by atoms with Gasteiger partial charge in [-0.2, -0.15) is 5.10 Å². The number of hydrogen-bond acceptors (Lipinski definition) is 3. The molecule has 0 amide bonds. The van der Waals surface area contributed by atoms with Gasteiger partial charge in [-0.05, 0) is 31.5 Å². The van der Waals surface area contributed by atoms with Gasteiger partial charge in [0.2, 0.25) is 0 Å². The Morgan fingerprint density at radius 3 is 2.83 bits per heavy atom. The molecular weight excluding hydrogens is 226 g/mol. The molecule has 0 aromatic carbocycles. The molecule has 2 aromatic rings. The molecule has 96 valence electrons. The van der Waals surface area contributed by atoms with E-state index in [4.69, 9.17) is 0 Å². The summed E-state index contributed by atoms with van der Waals surface area (Å²) in [6.07, 6.45) is 4.61. The summed E-state index contributed by atoms with van der Waals surface area (Å²) in [4.78, 5) is 4.15. The zero-order chi connectivity index (χ0) is 13.0. The highest BCUT2D eigenvalue weighted by Crippen LogP contribution is 2.16. The van der Waals surface area contributed by atoms with Crippen molar-refractivity contribution in [3.05, 3.63) is 48.0 Å². The first-order chi connectivity index (χ1) is 8.70. The fraction of sp³-hybridized carbons (Fsp3) is 0.429. The summed E-state index contributed by atoms with van der Waals surface area (Å²) in [5, 5.41) is 14.5. The van der Waals surface area contributed by atoms with E-state index >= 15 is 0 Å². The molecule has 4 heteroatoms. The van der Waals surface area contributed by atoms with Crippen LogP contribution in [0.15, 0.2) is 36.7 Å². The predicted molar refractivity (Wildman–Crippen MR) is 70.1 cm³/mol. The Hall–Kier alpha value is -1.68. The molecule has 0 fully saturated rings. The minimum absolute atomic E-state index is 0.394. The van der Waals surface area contributed by atoms with Crippen LogP contribution >= 0.6 is 0 Å². The summed E-state index contributed by atoms with van der Waals surface area (Å²) in [5.41, 5.74) is 1.59. The monoisotopic (exact) mass is 245 g/mol. The average molecular weight is 245 g/mol. The van der Waals surface area contributed by atoms with Crippen molar-refractivity contribution >= 4 is 0 Å². The maximum absolute atomic E-state index is 10.1. The quantitative estimate of drug-likeness (QED) is 0.880. The van der Waals surface area contributed by atoms with Crippen molar-refractivity contribution in [3.63, 3.8) is 0 Å². The van der Waals surface area contributed by atoms with Crippen LogP contribution in [0.3, 0.4) is 0 Å². The molecule has 0 bridgehead atoms. The van der Waals surface area contributed by atoms with Crippen LogP contribution in [0.4, 0.5) is 0 Å². The lowest BCUT2D eigenvalue weighted by atomic mass is 10.1. The Morgan fingerprint density at radius 2 is 2.17 bits per heavy atom. The van der Waals surface area contributed by atoms with Crippen LogP contribution in [0, 0.1) is 0 Å². The third-order valence-corrected chi connectivity index (χ3v) is 3.14. The summed E-state index contributed by atoms with van der Waals surface area (Å²) in [6, 6.07) is 7.90. The SMILES string of the molecule is CCC(C)n1ccc(CC(O)c2ccccn2)n1. The van der Waals surface area contributed by atoms with E-state index in [1.54, 1.807) is 6.20 Å². The van der Waals surface area contributed by atoms with Crippen LogP contribution in [0.25, 0.3) is 0 Å². The van der Waals surface area contributed by atoms with Gasteiger partial charge in [0, 0.05) is 24.9 Å². The molecule has 0 saturated heterocycles. The van der Waals surface area contributed by atoms with Gasteiger partial charge in [-0.15, -0.1) is 0 Å². The smallest absolute Gasteiger partial charge is 0.102 e. The molecule has 1 N–H and O–H groups in total. The summed E-state index contributed by atoms with van der Waals surface area (Å²) in [6.45, 7) is 4.26. The van der Waals surface area contributed by atoms with Gasteiger partial charge < -0.3 is 5.11 Å². The van der Waals surface area contributed by atoms with Crippen molar-refractivity contribution in [2.24, 2.45) is 0 Å². The molecule has 0 aliphatic heterocycles. The van der Waals surface area contributed by atoms with E-state index < -0.39 is 6.10 Å².